The van der Waals surface area contributed by atoms with Crippen molar-refractivity contribution in [1.82, 2.24) is 4.72 Å². The van der Waals surface area contributed by atoms with Crippen LogP contribution in [0.3, 0.4) is 0 Å². The quantitative estimate of drug-likeness (QED) is 0.570. The summed E-state index contributed by atoms with van der Waals surface area (Å²) < 4.78 is 45.2. The highest BCUT2D eigenvalue weighted by Crippen LogP contribution is 2.28. The Labute approximate surface area is 125 Å². The number of nitrogens with two attached hydrogens (primary N) is 1. The standard InChI is InChI=1S/C12H16BrFN2O3S/c13-9-5-10(14)11(15)6-12(9)20(17,18)16-3-4-19-7-8-1-2-8/h5-6,8,16H,1-4,7,15H2. The molecule has 0 unspecified atom stereocenters. The van der Waals surface area contributed by atoms with Crippen molar-refractivity contribution in [1.29, 1.82) is 0 Å². The first-order valence-corrected chi connectivity index (χ1v) is 8.49. The number of sulfonamides is 1. The molecule has 0 heterocycles. The van der Waals surface area contributed by atoms with E-state index in [1.807, 2.05) is 0 Å². The SMILES string of the molecule is Nc1cc(S(=O)(=O)NCCOCC2CC2)c(Br)cc1F. The van der Waals surface area contributed by atoms with Gasteiger partial charge in [-0.2, -0.15) is 0 Å². The molecule has 5 nitrogen and oxygen atoms in total. The van der Waals surface area contributed by atoms with Gasteiger partial charge in [-0.1, -0.05) is 0 Å². The Bertz CT molecular complexity index is 591. The first kappa shape index (κ1) is 15.7. The molecular weight excluding hydrogens is 351 g/mol. The molecule has 3 N–H and O–H groups in total. The number of rotatable bonds is 7. The normalized spacial score (nSPS) is 15.5. The van der Waals surface area contributed by atoms with E-state index in [-0.39, 0.29) is 21.6 Å². The number of benzene rings is 1. The third-order valence-corrected chi connectivity index (χ3v) is 5.35. The second kappa shape index (κ2) is 6.38. The summed E-state index contributed by atoms with van der Waals surface area (Å²) in [6.45, 7) is 1.15. The van der Waals surface area contributed by atoms with E-state index in [2.05, 4.69) is 20.7 Å². The predicted octanol–water partition coefficient (Wildman–Crippen LogP) is 1.88. The Morgan fingerprint density at radius 3 is 2.80 bits per heavy atom. The van der Waals surface area contributed by atoms with Crippen molar-refractivity contribution in [3.63, 3.8) is 0 Å². The Morgan fingerprint density at radius 1 is 1.45 bits per heavy atom. The maximum absolute atomic E-state index is 13.2. The maximum atomic E-state index is 13.2. The van der Waals surface area contributed by atoms with E-state index in [4.69, 9.17) is 10.5 Å². The minimum Gasteiger partial charge on any atom is -0.396 e. The van der Waals surface area contributed by atoms with Gasteiger partial charge in [0, 0.05) is 17.6 Å². The van der Waals surface area contributed by atoms with Gasteiger partial charge in [-0.15, -0.1) is 0 Å². The fraction of sp³-hybridized carbons (Fsp3) is 0.500. The molecule has 1 aliphatic rings. The summed E-state index contributed by atoms with van der Waals surface area (Å²) in [5.74, 6) is -0.0266. The molecule has 0 saturated heterocycles. The maximum Gasteiger partial charge on any atom is 0.241 e. The first-order valence-electron chi connectivity index (χ1n) is 6.22. The number of hydrogen-bond acceptors (Lipinski definition) is 4. The lowest BCUT2D eigenvalue weighted by Gasteiger charge is -2.10. The van der Waals surface area contributed by atoms with Gasteiger partial charge >= 0.3 is 0 Å². The van der Waals surface area contributed by atoms with Gasteiger partial charge in [-0.25, -0.2) is 17.5 Å². The molecule has 20 heavy (non-hydrogen) atoms. The van der Waals surface area contributed by atoms with Crippen molar-refractivity contribution < 1.29 is 17.5 Å². The highest BCUT2D eigenvalue weighted by molar-refractivity contribution is 9.10. The van der Waals surface area contributed by atoms with Crippen LogP contribution in [-0.2, 0) is 14.8 Å². The van der Waals surface area contributed by atoms with Crippen molar-refractivity contribution in [3.8, 4) is 0 Å². The largest absolute Gasteiger partial charge is 0.396 e. The molecule has 1 aromatic rings. The highest BCUT2D eigenvalue weighted by Gasteiger charge is 2.22. The topological polar surface area (TPSA) is 81.4 Å². The number of hydrogen-bond donors (Lipinski definition) is 2. The predicted molar refractivity (Wildman–Crippen MR) is 77.2 cm³/mol. The van der Waals surface area contributed by atoms with Gasteiger partial charge in [0.2, 0.25) is 10.0 Å². The molecule has 0 spiro atoms. The molecule has 1 aromatic carbocycles. The van der Waals surface area contributed by atoms with Gasteiger partial charge in [-0.3, -0.25) is 0 Å². The summed E-state index contributed by atoms with van der Waals surface area (Å²) in [5.41, 5.74) is 5.18. The van der Waals surface area contributed by atoms with Gasteiger partial charge in [0.25, 0.3) is 0 Å². The Balaban J connectivity index is 1.93. The van der Waals surface area contributed by atoms with E-state index in [1.54, 1.807) is 0 Å². The average Bonchev–Trinajstić information content (AvgIpc) is 3.17. The van der Waals surface area contributed by atoms with Crippen LogP contribution < -0.4 is 10.5 Å². The monoisotopic (exact) mass is 366 g/mol. The summed E-state index contributed by atoms with van der Waals surface area (Å²) in [7, 11) is -3.74. The molecule has 0 radical (unpaired) electrons. The van der Waals surface area contributed by atoms with Gasteiger partial charge in [0.1, 0.15) is 5.82 Å². The zero-order chi connectivity index (χ0) is 14.8. The Morgan fingerprint density at radius 2 is 2.15 bits per heavy atom. The summed E-state index contributed by atoms with van der Waals surface area (Å²) in [4.78, 5) is -0.0846. The molecule has 0 aromatic heterocycles. The molecule has 0 bridgehead atoms. The summed E-state index contributed by atoms with van der Waals surface area (Å²) >= 11 is 3.02. The van der Waals surface area contributed by atoms with Crippen molar-refractivity contribution in [2.75, 3.05) is 25.5 Å². The number of anilines is 1. The van der Waals surface area contributed by atoms with E-state index >= 15 is 0 Å². The summed E-state index contributed by atoms with van der Waals surface area (Å²) in [5, 5.41) is 0. The van der Waals surface area contributed by atoms with Crippen LogP contribution in [0.15, 0.2) is 21.5 Å². The molecule has 1 aliphatic carbocycles. The van der Waals surface area contributed by atoms with Crippen LogP contribution in [0.4, 0.5) is 10.1 Å². The van der Waals surface area contributed by atoms with Crippen LogP contribution in [0.1, 0.15) is 12.8 Å². The van der Waals surface area contributed by atoms with Crippen molar-refractivity contribution in [3.05, 3.63) is 22.4 Å². The van der Waals surface area contributed by atoms with Crippen molar-refractivity contribution in [2.45, 2.75) is 17.7 Å². The summed E-state index contributed by atoms with van der Waals surface area (Å²) in [6, 6.07) is 2.13. The molecule has 0 aliphatic heterocycles. The number of ether oxygens (including phenoxy) is 1. The lowest BCUT2D eigenvalue weighted by atomic mass is 10.3. The molecule has 0 amide bonds. The van der Waals surface area contributed by atoms with E-state index < -0.39 is 15.8 Å². The zero-order valence-electron chi connectivity index (χ0n) is 10.7. The van der Waals surface area contributed by atoms with Crippen molar-refractivity contribution >= 4 is 31.6 Å². The first-order chi connectivity index (χ1) is 9.40. The molecule has 0 atom stereocenters. The van der Waals surface area contributed by atoms with Crippen LogP contribution in [0.5, 0.6) is 0 Å². The fourth-order valence-electron chi connectivity index (χ4n) is 1.61. The van der Waals surface area contributed by atoms with E-state index in [9.17, 15) is 12.8 Å². The molecule has 2 rings (SSSR count). The number of halogens is 2. The van der Waals surface area contributed by atoms with Gasteiger partial charge in [-0.05, 0) is 46.8 Å². The smallest absolute Gasteiger partial charge is 0.241 e. The minimum atomic E-state index is -3.74. The van der Waals surface area contributed by atoms with Crippen LogP contribution in [0.2, 0.25) is 0 Å². The second-order valence-electron chi connectivity index (χ2n) is 4.72. The molecule has 1 fully saturated rings. The van der Waals surface area contributed by atoms with Crippen molar-refractivity contribution in [2.24, 2.45) is 5.92 Å². The third kappa shape index (κ3) is 4.15. The highest BCUT2D eigenvalue weighted by atomic mass is 79.9. The fourth-order valence-corrected chi connectivity index (χ4v) is 3.67. The Kier molecular flexibility index (Phi) is 5.00. The van der Waals surface area contributed by atoms with Crippen LogP contribution >= 0.6 is 15.9 Å². The van der Waals surface area contributed by atoms with Gasteiger partial charge < -0.3 is 10.5 Å². The van der Waals surface area contributed by atoms with E-state index in [0.717, 1.165) is 12.1 Å². The molecular formula is C12H16BrFN2O3S. The number of nitrogens with one attached hydrogen (secondary N) is 1. The van der Waals surface area contributed by atoms with Gasteiger partial charge in [0.05, 0.1) is 17.2 Å². The van der Waals surface area contributed by atoms with Gasteiger partial charge in [0.15, 0.2) is 0 Å². The molecule has 1 saturated carbocycles. The summed E-state index contributed by atoms with van der Waals surface area (Å²) in [6.07, 6.45) is 2.38. The van der Waals surface area contributed by atoms with Crippen LogP contribution in [-0.4, -0.2) is 28.2 Å². The third-order valence-electron chi connectivity index (χ3n) is 2.93. The molecule has 8 heteroatoms. The lowest BCUT2D eigenvalue weighted by Crippen LogP contribution is -2.28. The zero-order valence-corrected chi connectivity index (χ0v) is 13.1. The second-order valence-corrected chi connectivity index (χ2v) is 7.31. The average molecular weight is 367 g/mol. The Hall–Kier alpha value is -0.700. The van der Waals surface area contributed by atoms with Crippen LogP contribution in [0.25, 0.3) is 0 Å². The van der Waals surface area contributed by atoms with E-state index in [1.165, 1.54) is 12.8 Å². The van der Waals surface area contributed by atoms with E-state index in [0.29, 0.717) is 19.1 Å². The lowest BCUT2D eigenvalue weighted by molar-refractivity contribution is 0.129. The number of nitrogen functional groups attached to an aromatic ring is 1. The molecule has 112 valence electrons. The minimum absolute atomic E-state index is 0.0846. The van der Waals surface area contributed by atoms with Crippen LogP contribution in [0, 0.1) is 11.7 Å².